The predicted molar refractivity (Wildman–Crippen MR) is 105 cm³/mol. The minimum atomic E-state index is -0.207. The van der Waals surface area contributed by atoms with Crippen molar-refractivity contribution in [3.63, 3.8) is 0 Å². The van der Waals surface area contributed by atoms with Crippen molar-refractivity contribution in [2.45, 2.75) is 32.4 Å². The number of ether oxygens (including phenoxy) is 1. The summed E-state index contributed by atoms with van der Waals surface area (Å²) in [4.78, 5) is 37.6. The summed E-state index contributed by atoms with van der Waals surface area (Å²) in [6, 6.07) is 3.81. The van der Waals surface area contributed by atoms with Gasteiger partial charge >= 0.3 is 0 Å². The van der Waals surface area contributed by atoms with Gasteiger partial charge in [-0.25, -0.2) is 4.98 Å². The van der Waals surface area contributed by atoms with Crippen LogP contribution in [0.25, 0.3) is 0 Å². The van der Waals surface area contributed by atoms with Gasteiger partial charge in [-0.2, -0.15) is 0 Å². The van der Waals surface area contributed by atoms with E-state index >= 15 is 0 Å². The lowest BCUT2D eigenvalue weighted by atomic mass is 10.2. The zero-order valence-corrected chi connectivity index (χ0v) is 16.7. The van der Waals surface area contributed by atoms with Crippen LogP contribution in [0.4, 0.5) is 0 Å². The third kappa shape index (κ3) is 4.74. The number of hydrogen-bond acceptors (Lipinski definition) is 6. The molecule has 28 heavy (non-hydrogen) atoms. The standard InChI is InChI=1S/C20H24N4O3S/c1-14-22-18(13-28-14)20(26)24-10-17(27-12-15-4-5-15)9-23(19(25)11-24)8-16-3-2-6-21-7-16/h2-3,6-7,13,15,17H,4-5,8-12H2,1H3/t17-/m1/s1. The Hall–Kier alpha value is -2.32. The first-order valence-electron chi connectivity index (χ1n) is 9.58. The number of thiazole rings is 1. The molecule has 0 aromatic carbocycles. The van der Waals surface area contributed by atoms with Crippen LogP contribution in [-0.4, -0.2) is 63.9 Å². The van der Waals surface area contributed by atoms with Crippen LogP contribution < -0.4 is 0 Å². The number of carbonyl (C=O) groups is 2. The predicted octanol–water partition coefficient (Wildman–Crippen LogP) is 2.13. The van der Waals surface area contributed by atoms with Crippen LogP contribution in [0.15, 0.2) is 29.9 Å². The monoisotopic (exact) mass is 400 g/mol. The van der Waals surface area contributed by atoms with E-state index in [0.29, 0.717) is 37.9 Å². The summed E-state index contributed by atoms with van der Waals surface area (Å²) >= 11 is 1.44. The first-order chi connectivity index (χ1) is 13.6. The number of amides is 2. The SMILES string of the molecule is Cc1nc(C(=O)N2CC(=O)N(Cc3cccnc3)C[C@@H](OCC3CC3)C2)cs1. The van der Waals surface area contributed by atoms with E-state index in [9.17, 15) is 9.59 Å². The van der Waals surface area contributed by atoms with Crippen LogP contribution in [-0.2, 0) is 16.1 Å². The molecule has 2 amide bonds. The molecule has 0 N–H and O–H groups in total. The van der Waals surface area contributed by atoms with Crippen molar-refractivity contribution in [1.82, 2.24) is 19.8 Å². The molecule has 8 heteroatoms. The maximum absolute atomic E-state index is 12.9. The zero-order chi connectivity index (χ0) is 19.5. The maximum atomic E-state index is 12.9. The van der Waals surface area contributed by atoms with Crippen molar-refractivity contribution in [2.75, 3.05) is 26.2 Å². The molecule has 2 fully saturated rings. The molecule has 7 nitrogen and oxygen atoms in total. The molecule has 0 spiro atoms. The Bertz CT molecular complexity index is 837. The van der Waals surface area contributed by atoms with Crippen molar-refractivity contribution in [3.8, 4) is 0 Å². The first kappa shape index (κ1) is 19.0. The molecule has 2 aliphatic rings. The molecule has 1 aliphatic carbocycles. The number of hydrogen-bond donors (Lipinski definition) is 0. The van der Waals surface area contributed by atoms with Gasteiger partial charge in [0.1, 0.15) is 12.2 Å². The lowest BCUT2D eigenvalue weighted by molar-refractivity contribution is -0.132. The number of rotatable bonds is 6. The van der Waals surface area contributed by atoms with Crippen LogP contribution in [0, 0.1) is 12.8 Å². The Balaban J connectivity index is 1.50. The van der Waals surface area contributed by atoms with Crippen LogP contribution in [0.1, 0.15) is 33.9 Å². The van der Waals surface area contributed by atoms with Crippen molar-refractivity contribution in [2.24, 2.45) is 5.92 Å². The molecule has 4 rings (SSSR count). The number of aryl methyl sites for hydroxylation is 1. The van der Waals surface area contributed by atoms with Gasteiger partial charge in [-0.3, -0.25) is 14.6 Å². The van der Waals surface area contributed by atoms with E-state index < -0.39 is 0 Å². The third-order valence-electron chi connectivity index (χ3n) is 5.01. The fourth-order valence-corrected chi connectivity index (χ4v) is 3.87. The molecule has 0 unspecified atom stereocenters. The molecule has 148 valence electrons. The van der Waals surface area contributed by atoms with Crippen LogP contribution in [0.3, 0.4) is 0 Å². The second-order valence-corrected chi connectivity index (χ2v) is 8.53. The molecular formula is C20H24N4O3S. The van der Waals surface area contributed by atoms with Gasteiger partial charge in [0.05, 0.1) is 11.1 Å². The largest absolute Gasteiger partial charge is 0.374 e. The molecule has 0 bridgehead atoms. The van der Waals surface area contributed by atoms with Gasteiger partial charge < -0.3 is 14.5 Å². The normalized spacial score (nSPS) is 20.3. The van der Waals surface area contributed by atoms with E-state index in [0.717, 1.165) is 10.6 Å². The number of aromatic nitrogens is 2. The Kier molecular flexibility index (Phi) is 5.68. The highest BCUT2D eigenvalue weighted by atomic mass is 32.1. The van der Waals surface area contributed by atoms with Crippen LogP contribution >= 0.6 is 11.3 Å². The number of carbonyl (C=O) groups excluding carboxylic acids is 2. The van der Waals surface area contributed by atoms with Crippen molar-refractivity contribution in [3.05, 3.63) is 46.2 Å². The van der Waals surface area contributed by atoms with Gasteiger partial charge in [0, 0.05) is 44.0 Å². The number of pyridine rings is 1. The summed E-state index contributed by atoms with van der Waals surface area (Å²) < 4.78 is 6.10. The van der Waals surface area contributed by atoms with E-state index in [1.54, 1.807) is 27.6 Å². The van der Waals surface area contributed by atoms with Crippen molar-refractivity contribution < 1.29 is 14.3 Å². The molecule has 2 aromatic rings. The molecule has 2 aromatic heterocycles. The summed E-state index contributed by atoms with van der Waals surface area (Å²) in [5.41, 5.74) is 1.36. The van der Waals surface area contributed by atoms with Crippen molar-refractivity contribution in [1.29, 1.82) is 0 Å². The van der Waals surface area contributed by atoms with E-state index in [4.69, 9.17) is 4.74 Å². The highest BCUT2D eigenvalue weighted by molar-refractivity contribution is 7.09. The average molecular weight is 401 g/mol. The fourth-order valence-electron chi connectivity index (χ4n) is 3.28. The molecule has 1 aliphatic heterocycles. The van der Waals surface area contributed by atoms with Gasteiger partial charge in [0.15, 0.2) is 0 Å². The highest BCUT2D eigenvalue weighted by Gasteiger charge is 2.33. The Morgan fingerprint density at radius 1 is 1.36 bits per heavy atom. The lowest BCUT2D eigenvalue weighted by Crippen LogP contribution is -2.40. The Labute approximate surface area is 168 Å². The third-order valence-corrected chi connectivity index (χ3v) is 5.79. The molecule has 1 saturated carbocycles. The highest BCUT2D eigenvalue weighted by Crippen LogP contribution is 2.29. The molecule has 0 radical (unpaired) electrons. The number of nitrogens with zero attached hydrogens (tertiary/aromatic N) is 4. The average Bonchev–Trinajstić information content (AvgIpc) is 3.45. The van der Waals surface area contributed by atoms with E-state index in [-0.39, 0.29) is 24.5 Å². The summed E-state index contributed by atoms with van der Waals surface area (Å²) in [6.07, 6.45) is 5.68. The molecule has 1 saturated heterocycles. The lowest BCUT2D eigenvalue weighted by Gasteiger charge is -2.24. The summed E-state index contributed by atoms with van der Waals surface area (Å²) in [5.74, 6) is 0.332. The minimum Gasteiger partial charge on any atom is -0.374 e. The second-order valence-electron chi connectivity index (χ2n) is 7.47. The van der Waals surface area contributed by atoms with Crippen LogP contribution in [0.2, 0.25) is 0 Å². The second kappa shape index (κ2) is 8.36. The first-order valence-corrected chi connectivity index (χ1v) is 10.5. The van der Waals surface area contributed by atoms with Gasteiger partial charge in [0.2, 0.25) is 5.91 Å². The molecule has 1 atom stereocenters. The van der Waals surface area contributed by atoms with Crippen molar-refractivity contribution >= 4 is 23.2 Å². The molecule has 3 heterocycles. The summed E-state index contributed by atoms with van der Waals surface area (Å²) in [7, 11) is 0. The molecular weight excluding hydrogens is 376 g/mol. The van der Waals surface area contributed by atoms with E-state index in [1.165, 1.54) is 24.2 Å². The minimum absolute atomic E-state index is 0.0406. The van der Waals surface area contributed by atoms with Gasteiger partial charge in [0.25, 0.3) is 5.91 Å². The van der Waals surface area contributed by atoms with Gasteiger partial charge in [-0.15, -0.1) is 11.3 Å². The summed E-state index contributed by atoms with van der Waals surface area (Å²) in [6.45, 7) is 3.94. The summed E-state index contributed by atoms with van der Waals surface area (Å²) in [5, 5.41) is 2.59. The smallest absolute Gasteiger partial charge is 0.273 e. The quantitative estimate of drug-likeness (QED) is 0.743. The Morgan fingerprint density at radius 3 is 2.89 bits per heavy atom. The zero-order valence-electron chi connectivity index (χ0n) is 15.9. The van der Waals surface area contributed by atoms with Gasteiger partial charge in [-0.1, -0.05) is 6.07 Å². The fraction of sp³-hybridized carbons (Fsp3) is 0.500. The van der Waals surface area contributed by atoms with Gasteiger partial charge in [-0.05, 0) is 37.3 Å². The Morgan fingerprint density at radius 2 is 2.21 bits per heavy atom. The van der Waals surface area contributed by atoms with Crippen LogP contribution in [0.5, 0.6) is 0 Å². The van der Waals surface area contributed by atoms with E-state index in [1.807, 2.05) is 19.1 Å². The maximum Gasteiger partial charge on any atom is 0.273 e. The van der Waals surface area contributed by atoms with E-state index in [2.05, 4.69) is 9.97 Å². The topological polar surface area (TPSA) is 75.6 Å².